The standard InChI is InChI=1S/C13H19ClN2O2/c1-7(2)16-12(10(14)6-15-16)13(17)9-5-8-3-4-11(9)18-8/h6-9,11,13,17H,3-5H2,1-2H3. The van der Waals surface area contributed by atoms with Gasteiger partial charge in [-0.05, 0) is 33.1 Å². The molecule has 1 N–H and O–H groups in total. The molecule has 4 atom stereocenters. The lowest BCUT2D eigenvalue weighted by Crippen LogP contribution is -2.26. The molecule has 0 aliphatic carbocycles. The Bertz CT molecular complexity index is 446. The third kappa shape index (κ3) is 1.87. The Labute approximate surface area is 112 Å². The predicted molar refractivity (Wildman–Crippen MR) is 68.6 cm³/mol. The highest BCUT2D eigenvalue weighted by Gasteiger charge is 2.45. The van der Waals surface area contributed by atoms with E-state index in [-0.39, 0.29) is 18.1 Å². The minimum Gasteiger partial charge on any atom is -0.386 e. The molecule has 5 heteroatoms. The SMILES string of the molecule is CC(C)n1ncc(Cl)c1C(O)C1CC2CCC1O2. The molecule has 0 radical (unpaired) electrons. The smallest absolute Gasteiger partial charge is 0.103 e. The lowest BCUT2D eigenvalue weighted by atomic mass is 9.84. The van der Waals surface area contributed by atoms with Crippen LogP contribution in [0, 0.1) is 5.92 Å². The largest absolute Gasteiger partial charge is 0.386 e. The maximum absolute atomic E-state index is 10.6. The molecule has 0 amide bonds. The molecule has 1 aromatic rings. The summed E-state index contributed by atoms with van der Waals surface area (Å²) in [7, 11) is 0. The van der Waals surface area contributed by atoms with Gasteiger partial charge in [0, 0.05) is 12.0 Å². The van der Waals surface area contributed by atoms with Crippen molar-refractivity contribution in [2.45, 2.75) is 57.5 Å². The summed E-state index contributed by atoms with van der Waals surface area (Å²) < 4.78 is 7.63. The topological polar surface area (TPSA) is 47.3 Å². The Morgan fingerprint density at radius 3 is 2.83 bits per heavy atom. The first-order valence-corrected chi connectivity index (χ1v) is 7.02. The highest BCUT2D eigenvalue weighted by Crippen LogP contribution is 2.45. The van der Waals surface area contributed by atoms with Crippen molar-refractivity contribution in [1.29, 1.82) is 0 Å². The molecule has 2 saturated heterocycles. The number of nitrogens with zero attached hydrogens (tertiary/aromatic N) is 2. The van der Waals surface area contributed by atoms with Gasteiger partial charge in [-0.2, -0.15) is 5.10 Å². The molecule has 4 nitrogen and oxygen atoms in total. The van der Waals surface area contributed by atoms with Crippen molar-refractivity contribution in [2.75, 3.05) is 0 Å². The molecular formula is C13H19ClN2O2. The third-order valence-electron chi connectivity index (χ3n) is 4.11. The van der Waals surface area contributed by atoms with Gasteiger partial charge < -0.3 is 9.84 Å². The molecule has 1 aromatic heterocycles. The van der Waals surface area contributed by atoms with Crippen molar-refractivity contribution in [3.8, 4) is 0 Å². The van der Waals surface area contributed by atoms with Crippen LogP contribution < -0.4 is 0 Å². The zero-order valence-corrected chi connectivity index (χ0v) is 11.5. The number of halogens is 1. The van der Waals surface area contributed by atoms with Crippen molar-refractivity contribution in [3.63, 3.8) is 0 Å². The Morgan fingerprint density at radius 2 is 2.28 bits per heavy atom. The minimum atomic E-state index is -0.572. The van der Waals surface area contributed by atoms with E-state index < -0.39 is 6.10 Å². The Morgan fingerprint density at radius 1 is 1.50 bits per heavy atom. The number of aliphatic hydroxyl groups excluding tert-OH is 1. The van der Waals surface area contributed by atoms with Crippen LogP contribution in [0.3, 0.4) is 0 Å². The van der Waals surface area contributed by atoms with Crippen molar-refractivity contribution < 1.29 is 9.84 Å². The number of hydrogen-bond acceptors (Lipinski definition) is 3. The van der Waals surface area contributed by atoms with E-state index in [9.17, 15) is 5.11 Å². The molecule has 0 saturated carbocycles. The summed E-state index contributed by atoms with van der Waals surface area (Å²) in [6.07, 6.45) is 4.70. The van der Waals surface area contributed by atoms with Gasteiger partial charge in [0.2, 0.25) is 0 Å². The first-order chi connectivity index (χ1) is 8.58. The molecule has 3 heterocycles. The normalized spacial score (nSPS) is 32.4. The summed E-state index contributed by atoms with van der Waals surface area (Å²) in [6.45, 7) is 4.08. The van der Waals surface area contributed by atoms with Gasteiger partial charge in [-0.3, -0.25) is 4.68 Å². The summed E-state index contributed by atoms with van der Waals surface area (Å²) in [5.41, 5.74) is 0.743. The number of aliphatic hydroxyl groups is 1. The fraction of sp³-hybridized carbons (Fsp3) is 0.769. The molecule has 2 bridgehead atoms. The molecule has 2 aliphatic rings. The number of ether oxygens (including phenoxy) is 1. The van der Waals surface area contributed by atoms with Crippen molar-refractivity contribution >= 4 is 11.6 Å². The second kappa shape index (κ2) is 4.51. The Hall–Kier alpha value is -0.580. The van der Waals surface area contributed by atoms with Crippen LogP contribution in [0.25, 0.3) is 0 Å². The second-order valence-corrected chi connectivity index (χ2v) is 6.04. The molecule has 4 unspecified atom stereocenters. The van der Waals surface area contributed by atoms with E-state index in [2.05, 4.69) is 5.10 Å². The molecule has 2 aliphatic heterocycles. The first-order valence-electron chi connectivity index (χ1n) is 6.64. The zero-order chi connectivity index (χ0) is 12.9. The van der Waals surface area contributed by atoms with E-state index in [1.807, 2.05) is 18.5 Å². The van der Waals surface area contributed by atoms with E-state index in [1.54, 1.807) is 6.20 Å². The van der Waals surface area contributed by atoms with Gasteiger partial charge in [0.15, 0.2) is 0 Å². The van der Waals surface area contributed by atoms with Crippen LogP contribution in [0.1, 0.15) is 50.9 Å². The molecule has 18 heavy (non-hydrogen) atoms. The van der Waals surface area contributed by atoms with Gasteiger partial charge in [0.05, 0.1) is 29.1 Å². The van der Waals surface area contributed by atoms with Crippen LogP contribution in [-0.2, 0) is 4.74 Å². The summed E-state index contributed by atoms with van der Waals surface area (Å²) in [5, 5.41) is 15.4. The van der Waals surface area contributed by atoms with E-state index in [4.69, 9.17) is 16.3 Å². The van der Waals surface area contributed by atoms with Crippen molar-refractivity contribution in [2.24, 2.45) is 5.92 Å². The maximum atomic E-state index is 10.6. The van der Waals surface area contributed by atoms with Crippen LogP contribution in [0.15, 0.2) is 6.20 Å². The number of aromatic nitrogens is 2. The van der Waals surface area contributed by atoms with Crippen LogP contribution in [-0.4, -0.2) is 27.1 Å². The monoisotopic (exact) mass is 270 g/mol. The molecule has 2 fully saturated rings. The first kappa shape index (κ1) is 12.5. The van der Waals surface area contributed by atoms with E-state index in [0.717, 1.165) is 25.0 Å². The van der Waals surface area contributed by atoms with E-state index >= 15 is 0 Å². The van der Waals surface area contributed by atoms with E-state index in [1.165, 1.54) is 0 Å². The minimum absolute atomic E-state index is 0.162. The fourth-order valence-corrected chi connectivity index (χ4v) is 3.49. The summed E-state index contributed by atoms with van der Waals surface area (Å²) in [5.74, 6) is 0.162. The summed E-state index contributed by atoms with van der Waals surface area (Å²) >= 11 is 6.18. The Kier molecular flexibility index (Phi) is 3.12. The summed E-state index contributed by atoms with van der Waals surface area (Å²) in [4.78, 5) is 0. The van der Waals surface area contributed by atoms with Crippen LogP contribution in [0.4, 0.5) is 0 Å². The summed E-state index contributed by atoms with van der Waals surface area (Å²) in [6, 6.07) is 0.196. The van der Waals surface area contributed by atoms with Crippen molar-refractivity contribution in [3.05, 3.63) is 16.9 Å². The number of rotatable bonds is 3. The zero-order valence-electron chi connectivity index (χ0n) is 10.7. The lowest BCUT2D eigenvalue weighted by Gasteiger charge is -2.26. The van der Waals surface area contributed by atoms with Crippen LogP contribution in [0.5, 0.6) is 0 Å². The quantitative estimate of drug-likeness (QED) is 0.919. The predicted octanol–water partition coefficient (Wildman–Crippen LogP) is 2.72. The van der Waals surface area contributed by atoms with Gasteiger partial charge in [-0.1, -0.05) is 11.6 Å². The molecule has 0 aromatic carbocycles. The second-order valence-electron chi connectivity index (χ2n) is 5.63. The van der Waals surface area contributed by atoms with Crippen LogP contribution in [0.2, 0.25) is 5.02 Å². The van der Waals surface area contributed by atoms with Crippen LogP contribution >= 0.6 is 11.6 Å². The highest BCUT2D eigenvalue weighted by molar-refractivity contribution is 6.31. The Balaban J connectivity index is 1.88. The number of hydrogen-bond donors (Lipinski definition) is 1. The van der Waals surface area contributed by atoms with Gasteiger partial charge in [-0.25, -0.2) is 0 Å². The van der Waals surface area contributed by atoms with Gasteiger partial charge in [0.25, 0.3) is 0 Å². The third-order valence-corrected chi connectivity index (χ3v) is 4.41. The molecule has 3 rings (SSSR count). The van der Waals surface area contributed by atoms with Crippen molar-refractivity contribution in [1.82, 2.24) is 9.78 Å². The average Bonchev–Trinajstić information content (AvgIpc) is 3.01. The van der Waals surface area contributed by atoms with Gasteiger partial charge >= 0.3 is 0 Å². The van der Waals surface area contributed by atoms with Gasteiger partial charge in [-0.15, -0.1) is 0 Å². The molecular weight excluding hydrogens is 252 g/mol. The fourth-order valence-electron chi connectivity index (χ4n) is 3.25. The molecule has 0 spiro atoms. The average molecular weight is 271 g/mol. The lowest BCUT2D eigenvalue weighted by molar-refractivity contribution is 0.0375. The maximum Gasteiger partial charge on any atom is 0.103 e. The highest BCUT2D eigenvalue weighted by atomic mass is 35.5. The van der Waals surface area contributed by atoms with Gasteiger partial charge in [0.1, 0.15) is 6.10 Å². The molecule has 100 valence electrons. The van der Waals surface area contributed by atoms with E-state index in [0.29, 0.717) is 11.1 Å². The number of fused-ring (bicyclic) bond motifs is 2.